The predicted octanol–water partition coefficient (Wildman–Crippen LogP) is 4.79. The Morgan fingerprint density at radius 3 is 2.47 bits per heavy atom. The van der Waals surface area contributed by atoms with Gasteiger partial charge in [-0.1, -0.05) is 12.1 Å². The van der Waals surface area contributed by atoms with Crippen LogP contribution in [0.5, 0.6) is 17.2 Å². The first-order valence-corrected chi connectivity index (χ1v) is 10.6. The van der Waals surface area contributed by atoms with Crippen LogP contribution in [0.4, 0.5) is 5.82 Å². The van der Waals surface area contributed by atoms with Crippen LogP contribution in [0.1, 0.15) is 15.4 Å². The number of thiazole rings is 1. The number of ether oxygens (including phenoxy) is 3. The van der Waals surface area contributed by atoms with Crippen LogP contribution in [0, 0.1) is 6.92 Å². The molecule has 2 heterocycles. The van der Waals surface area contributed by atoms with Gasteiger partial charge >= 0.3 is 0 Å². The van der Waals surface area contributed by atoms with E-state index in [-0.39, 0.29) is 5.91 Å². The Balaban J connectivity index is 1.55. The molecule has 0 atom stereocenters. The monoisotopic (exact) mass is 450 g/mol. The second kappa shape index (κ2) is 9.11. The van der Waals surface area contributed by atoms with Crippen molar-refractivity contribution in [3.05, 3.63) is 59.1 Å². The number of para-hydroxylation sites is 1. The lowest BCUT2D eigenvalue weighted by atomic mass is 10.1. The van der Waals surface area contributed by atoms with E-state index in [9.17, 15) is 4.79 Å². The SMILES string of the molecule is COc1ccc(-c2nc(C)c(C(=O)Nc3cc(-c4ccccc4OC)[nH]n3)s2)cc1OC. The maximum atomic E-state index is 12.9. The van der Waals surface area contributed by atoms with Crippen molar-refractivity contribution < 1.29 is 19.0 Å². The number of aromatic nitrogens is 3. The Hall–Kier alpha value is -3.85. The summed E-state index contributed by atoms with van der Waals surface area (Å²) in [5, 5.41) is 10.7. The van der Waals surface area contributed by atoms with Gasteiger partial charge in [-0.2, -0.15) is 5.10 Å². The average molecular weight is 451 g/mol. The summed E-state index contributed by atoms with van der Waals surface area (Å²) < 4.78 is 16.0. The molecule has 0 saturated heterocycles. The quantitative estimate of drug-likeness (QED) is 0.420. The molecule has 0 aliphatic rings. The standard InChI is InChI=1S/C23H22N4O4S/c1-13-21(32-23(24-13)14-9-10-18(30-3)19(11-14)31-4)22(28)25-20-12-16(26-27-20)15-7-5-6-8-17(15)29-2/h5-12H,1-4H3,(H2,25,26,27,28). The highest BCUT2D eigenvalue weighted by atomic mass is 32.1. The van der Waals surface area contributed by atoms with Crippen molar-refractivity contribution in [2.75, 3.05) is 26.6 Å². The van der Waals surface area contributed by atoms with Crippen molar-refractivity contribution in [1.82, 2.24) is 15.2 Å². The maximum absolute atomic E-state index is 12.9. The van der Waals surface area contributed by atoms with Crippen molar-refractivity contribution in [2.45, 2.75) is 6.92 Å². The summed E-state index contributed by atoms with van der Waals surface area (Å²) in [6.07, 6.45) is 0. The molecule has 0 bridgehead atoms. The van der Waals surface area contributed by atoms with Crippen molar-refractivity contribution in [2.24, 2.45) is 0 Å². The minimum absolute atomic E-state index is 0.273. The normalized spacial score (nSPS) is 10.6. The molecule has 32 heavy (non-hydrogen) atoms. The number of anilines is 1. The molecule has 2 aromatic heterocycles. The summed E-state index contributed by atoms with van der Waals surface area (Å²) in [5.41, 5.74) is 3.07. The highest BCUT2D eigenvalue weighted by Crippen LogP contribution is 2.35. The Morgan fingerprint density at radius 1 is 0.969 bits per heavy atom. The third kappa shape index (κ3) is 4.15. The number of carbonyl (C=O) groups is 1. The number of aryl methyl sites for hydroxylation is 1. The van der Waals surface area contributed by atoms with Gasteiger partial charge in [0, 0.05) is 17.2 Å². The number of amides is 1. The lowest BCUT2D eigenvalue weighted by molar-refractivity contribution is 0.102. The van der Waals surface area contributed by atoms with E-state index in [1.54, 1.807) is 34.3 Å². The Morgan fingerprint density at radius 2 is 1.72 bits per heavy atom. The summed E-state index contributed by atoms with van der Waals surface area (Å²) in [4.78, 5) is 18.0. The zero-order valence-corrected chi connectivity index (χ0v) is 18.9. The molecule has 2 aromatic carbocycles. The van der Waals surface area contributed by atoms with Gasteiger partial charge in [0.25, 0.3) is 5.91 Å². The smallest absolute Gasteiger partial charge is 0.268 e. The van der Waals surface area contributed by atoms with E-state index >= 15 is 0 Å². The highest BCUT2D eigenvalue weighted by Gasteiger charge is 2.19. The summed E-state index contributed by atoms with van der Waals surface area (Å²) in [6.45, 7) is 1.81. The van der Waals surface area contributed by atoms with Gasteiger partial charge in [0.2, 0.25) is 0 Å². The number of benzene rings is 2. The van der Waals surface area contributed by atoms with Crippen molar-refractivity contribution in [3.8, 4) is 39.1 Å². The van der Waals surface area contributed by atoms with Crippen molar-refractivity contribution in [3.63, 3.8) is 0 Å². The van der Waals surface area contributed by atoms with E-state index in [2.05, 4.69) is 20.5 Å². The summed E-state index contributed by atoms with van der Waals surface area (Å²) in [6, 6.07) is 14.9. The average Bonchev–Trinajstić information content (AvgIpc) is 3.45. The molecule has 0 radical (unpaired) electrons. The Labute approximate surface area is 189 Å². The van der Waals surface area contributed by atoms with E-state index in [0.717, 1.165) is 16.8 Å². The fourth-order valence-electron chi connectivity index (χ4n) is 3.26. The van der Waals surface area contributed by atoms with Crippen LogP contribution < -0.4 is 19.5 Å². The van der Waals surface area contributed by atoms with E-state index in [4.69, 9.17) is 14.2 Å². The molecule has 0 aliphatic heterocycles. The van der Waals surface area contributed by atoms with E-state index in [1.807, 2.05) is 42.5 Å². The molecule has 0 unspecified atom stereocenters. The fraction of sp³-hybridized carbons (Fsp3) is 0.174. The number of H-pyrrole nitrogens is 1. The fourth-order valence-corrected chi connectivity index (χ4v) is 4.22. The van der Waals surface area contributed by atoms with Gasteiger partial charge in [0.15, 0.2) is 17.3 Å². The van der Waals surface area contributed by atoms with Crippen molar-refractivity contribution >= 4 is 23.1 Å². The number of nitrogens with one attached hydrogen (secondary N) is 2. The molecule has 0 fully saturated rings. The number of hydrogen-bond donors (Lipinski definition) is 2. The zero-order chi connectivity index (χ0) is 22.7. The number of methoxy groups -OCH3 is 3. The molecular formula is C23H22N4O4S. The van der Waals surface area contributed by atoms with Crippen LogP contribution in [0.2, 0.25) is 0 Å². The molecular weight excluding hydrogens is 428 g/mol. The maximum Gasteiger partial charge on any atom is 0.268 e. The molecule has 164 valence electrons. The van der Waals surface area contributed by atoms with Crippen LogP contribution in [-0.2, 0) is 0 Å². The number of nitrogens with zero attached hydrogens (tertiary/aromatic N) is 2. The van der Waals surface area contributed by atoms with E-state index in [0.29, 0.717) is 38.6 Å². The third-order valence-electron chi connectivity index (χ3n) is 4.85. The molecule has 9 heteroatoms. The first-order chi connectivity index (χ1) is 15.5. The number of rotatable bonds is 7. The summed E-state index contributed by atoms with van der Waals surface area (Å²) >= 11 is 1.30. The molecule has 4 rings (SSSR count). The van der Waals surface area contributed by atoms with Crippen LogP contribution >= 0.6 is 11.3 Å². The minimum Gasteiger partial charge on any atom is -0.496 e. The van der Waals surface area contributed by atoms with Gasteiger partial charge < -0.3 is 19.5 Å². The van der Waals surface area contributed by atoms with Crippen LogP contribution in [-0.4, -0.2) is 42.4 Å². The third-order valence-corrected chi connectivity index (χ3v) is 6.06. The first-order valence-electron chi connectivity index (χ1n) is 9.74. The second-order valence-corrected chi connectivity index (χ2v) is 7.82. The second-order valence-electron chi connectivity index (χ2n) is 6.82. The largest absolute Gasteiger partial charge is 0.496 e. The van der Waals surface area contributed by atoms with Gasteiger partial charge in [-0.25, -0.2) is 4.98 Å². The lowest BCUT2D eigenvalue weighted by Crippen LogP contribution is -2.11. The highest BCUT2D eigenvalue weighted by molar-refractivity contribution is 7.17. The number of hydrogen-bond acceptors (Lipinski definition) is 7. The van der Waals surface area contributed by atoms with Gasteiger partial charge in [0.05, 0.1) is 32.7 Å². The summed E-state index contributed by atoms with van der Waals surface area (Å²) in [5.74, 6) is 2.09. The zero-order valence-electron chi connectivity index (χ0n) is 18.1. The molecule has 4 aromatic rings. The molecule has 2 N–H and O–H groups in total. The van der Waals surface area contributed by atoms with Gasteiger partial charge in [-0.15, -0.1) is 11.3 Å². The summed E-state index contributed by atoms with van der Waals surface area (Å²) in [7, 11) is 4.78. The topological polar surface area (TPSA) is 98.4 Å². The van der Waals surface area contributed by atoms with E-state index in [1.165, 1.54) is 11.3 Å². The molecule has 0 aliphatic carbocycles. The predicted molar refractivity (Wildman–Crippen MR) is 124 cm³/mol. The molecule has 1 amide bonds. The molecule has 8 nitrogen and oxygen atoms in total. The van der Waals surface area contributed by atoms with Crippen LogP contribution in [0.25, 0.3) is 21.8 Å². The minimum atomic E-state index is -0.273. The lowest BCUT2D eigenvalue weighted by Gasteiger charge is -2.08. The first kappa shape index (κ1) is 21.4. The Bertz CT molecular complexity index is 1260. The van der Waals surface area contributed by atoms with Gasteiger partial charge in [-0.05, 0) is 37.3 Å². The Kier molecular flexibility index (Phi) is 6.09. The van der Waals surface area contributed by atoms with Crippen molar-refractivity contribution in [1.29, 1.82) is 0 Å². The number of aromatic amines is 1. The molecule has 0 spiro atoms. The molecule has 0 saturated carbocycles. The van der Waals surface area contributed by atoms with E-state index < -0.39 is 0 Å². The number of carbonyl (C=O) groups excluding carboxylic acids is 1. The van der Waals surface area contributed by atoms with Gasteiger partial charge in [-0.3, -0.25) is 9.89 Å². The van der Waals surface area contributed by atoms with Crippen LogP contribution in [0.15, 0.2) is 48.5 Å². The van der Waals surface area contributed by atoms with Crippen LogP contribution in [0.3, 0.4) is 0 Å². The van der Waals surface area contributed by atoms with Gasteiger partial charge in [0.1, 0.15) is 15.6 Å².